The average molecular weight is 445 g/mol. The summed E-state index contributed by atoms with van der Waals surface area (Å²) in [7, 11) is 0. The van der Waals surface area contributed by atoms with Crippen LogP contribution < -0.4 is 10.6 Å². The summed E-state index contributed by atoms with van der Waals surface area (Å²) in [5, 5.41) is 26.2. The summed E-state index contributed by atoms with van der Waals surface area (Å²) >= 11 is 0. The molecule has 0 aliphatic heterocycles. The highest BCUT2D eigenvalue weighted by molar-refractivity contribution is 6.10. The Balaban J connectivity index is 1.65. The summed E-state index contributed by atoms with van der Waals surface area (Å²) in [6, 6.07) is 18.5. The highest BCUT2D eigenvalue weighted by Crippen LogP contribution is 2.31. The smallest absolute Gasteiger partial charge is 0.323 e. The number of amides is 2. The number of fused-ring (bicyclic) bond motifs is 3. The number of aliphatic carboxylic acids is 1. The maximum absolute atomic E-state index is 13.0. The van der Waals surface area contributed by atoms with Gasteiger partial charge in [-0.25, -0.2) is 0 Å². The van der Waals surface area contributed by atoms with E-state index in [-0.39, 0.29) is 24.6 Å². The van der Waals surface area contributed by atoms with Crippen LogP contribution in [0.4, 0.5) is 5.69 Å². The summed E-state index contributed by atoms with van der Waals surface area (Å²) in [6.45, 7) is 1.13. The molecule has 8 nitrogen and oxygen atoms in total. The Hall–Kier alpha value is -4.33. The van der Waals surface area contributed by atoms with Crippen molar-refractivity contribution in [3.8, 4) is 5.75 Å². The van der Waals surface area contributed by atoms with Crippen molar-refractivity contribution in [2.75, 3.05) is 5.32 Å². The van der Waals surface area contributed by atoms with Crippen LogP contribution in [0.3, 0.4) is 0 Å². The van der Waals surface area contributed by atoms with E-state index in [1.54, 1.807) is 28.8 Å². The van der Waals surface area contributed by atoms with E-state index in [4.69, 9.17) is 0 Å². The number of carbonyl (C=O) groups is 3. The van der Waals surface area contributed by atoms with Crippen LogP contribution in [0.15, 0.2) is 66.7 Å². The van der Waals surface area contributed by atoms with E-state index in [1.165, 1.54) is 19.1 Å². The molecule has 0 saturated heterocycles. The molecule has 0 fully saturated rings. The SMILES string of the molecule is CC(=O)NC(Cc1ccc(O)cc1)C(=O)Nc1ccc2c3ccccc3n(CC(=O)O)c2c1. The molecule has 4 N–H and O–H groups in total. The highest BCUT2D eigenvalue weighted by Gasteiger charge is 2.21. The topological polar surface area (TPSA) is 121 Å². The fraction of sp³-hybridized carbons (Fsp3) is 0.160. The second-order valence-electron chi connectivity index (χ2n) is 7.84. The molecule has 0 bridgehead atoms. The van der Waals surface area contributed by atoms with Gasteiger partial charge >= 0.3 is 5.97 Å². The van der Waals surface area contributed by atoms with Crippen molar-refractivity contribution < 1.29 is 24.6 Å². The third-order valence-electron chi connectivity index (χ3n) is 5.40. The van der Waals surface area contributed by atoms with Crippen LogP contribution in [0.2, 0.25) is 0 Å². The number of carbonyl (C=O) groups excluding carboxylic acids is 2. The molecule has 1 unspecified atom stereocenters. The van der Waals surface area contributed by atoms with Gasteiger partial charge < -0.3 is 25.4 Å². The highest BCUT2D eigenvalue weighted by atomic mass is 16.4. The number of hydrogen-bond donors (Lipinski definition) is 4. The van der Waals surface area contributed by atoms with Crippen molar-refractivity contribution in [2.24, 2.45) is 0 Å². The lowest BCUT2D eigenvalue weighted by atomic mass is 10.0. The molecule has 168 valence electrons. The molecule has 0 aliphatic carbocycles. The number of aromatic nitrogens is 1. The van der Waals surface area contributed by atoms with Gasteiger partial charge in [0.2, 0.25) is 11.8 Å². The Kier molecular flexibility index (Phi) is 5.99. The van der Waals surface area contributed by atoms with Gasteiger partial charge in [-0.1, -0.05) is 36.4 Å². The van der Waals surface area contributed by atoms with Gasteiger partial charge in [-0.05, 0) is 35.9 Å². The van der Waals surface area contributed by atoms with E-state index in [2.05, 4.69) is 10.6 Å². The van der Waals surface area contributed by atoms with Crippen molar-refractivity contribution >= 4 is 45.3 Å². The number of aromatic hydroxyl groups is 1. The zero-order valence-electron chi connectivity index (χ0n) is 17.9. The lowest BCUT2D eigenvalue weighted by Crippen LogP contribution is -2.44. The predicted molar refractivity (Wildman–Crippen MR) is 125 cm³/mol. The Morgan fingerprint density at radius 1 is 0.939 bits per heavy atom. The number of carboxylic acids is 1. The first-order chi connectivity index (χ1) is 15.8. The zero-order valence-corrected chi connectivity index (χ0v) is 17.9. The van der Waals surface area contributed by atoms with Gasteiger partial charge in [0.05, 0.1) is 5.52 Å². The standard InChI is InChI=1S/C25H23N3O5/c1-15(29)26-21(12-16-6-9-18(30)10-7-16)25(33)27-17-8-11-20-19-4-2-3-5-22(19)28(14-24(31)32)23(20)13-17/h2-11,13,21,30H,12,14H2,1H3,(H,26,29)(H,27,33)(H,31,32). The van der Waals surface area contributed by atoms with E-state index in [9.17, 15) is 24.6 Å². The number of phenolic OH excluding ortho intramolecular Hbond substituents is 1. The molecule has 4 aromatic rings. The predicted octanol–water partition coefficient (Wildman–Crippen LogP) is 3.27. The van der Waals surface area contributed by atoms with Crippen LogP contribution >= 0.6 is 0 Å². The van der Waals surface area contributed by atoms with Crippen LogP contribution in [0.25, 0.3) is 21.8 Å². The minimum Gasteiger partial charge on any atom is -0.508 e. The first-order valence-electron chi connectivity index (χ1n) is 10.4. The molecule has 33 heavy (non-hydrogen) atoms. The number of nitrogens with zero attached hydrogens (tertiary/aromatic N) is 1. The maximum Gasteiger partial charge on any atom is 0.323 e. The molecule has 0 saturated carbocycles. The van der Waals surface area contributed by atoms with Crippen LogP contribution in [-0.4, -0.2) is 38.6 Å². The van der Waals surface area contributed by atoms with Crippen LogP contribution in [-0.2, 0) is 27.3 Å². The number of anilines is 1. The van der Waals surface area contributed by atoms with Gasteiger partial charge in [0, 0.05) is 35.3 Å². The van der Waals surface area contributed by atoms with Gasteiger partial charge in [-0.15, -0.1) is 0 Å². The molecule has 1 heterocycles. The number of para-hydroxylation sites is 1. The quantitative estimate of drug-likeness (QED) is 0.348. The fourth-order valence-corrected chi connectivity index (χ4v) is 3.98. The summed E-state index contributed by atoms with van der Waals surface area (Å²) in [6.07, 6.45) is 0.243. The third-order valence-corrected chi connectivity index (χ3v) is 5.40. The van der Waals surface area contributed by atoms with E-state index in [1.807, 2.05) is 30.3 Å². The van der Waals surface area contributed by atoms with Gasteiger partial charge in [0.25, 0.3) is 0 Å². The van der Waals surface area contributed by atoms with Gasteiger partial charge in [0.1, 0.15) is 18.3 Å². The molecule has 8 heteroatoms. The number of nitrogens with one attached hydrogen (secondary N) is 2. The van der Waals surface area contributed by atoms with Gasteiger partial charge in [0.15, 0.2) is 0 Å². The number of carboxylic acid groups (broad SMARTS) is 1. The van der Waals surface area contributed by atoms with Crippen LogP contribution in [0, 0.1) is 0 Å². The maximum atomic E-state index is 13.0. The summed E-state index contributed by atoms with van der Waals surface area (Å²) in [4.78, 5) is 36.2. The Morgan fingerprint density at radius 2 is 1.64 bits per heavy atom. The lowest BCUT2D eigenvalue weighted by Gasteiger charge is -2.18. The summed E-state index contributed by atoms with van der Waals surface area (Å²) in [5.41, 5.74) is 2.74. The number of benzene rings is 3. The first-order valence-corrected chi connectivity index (χ1v) is 10.4. The minimum atomic E-state index is -0.966. The lowest BCUT2D eigenvalue weighted by molar-refractivity contribution is -0.137. The van der Waals surface area contributed by atoms with E-state index >= 15 is 0 Å². The molecule has 0 radical (unpaired) electrons. The molecule has 3 aromatic carbocycles. The zero-order chi connectivity index (χ0) is 23.5. The molecule has 0 spiro atoms. The number of phenols is 1. The van der Waals surface area contributed by atoms with Crippen molar-refractivity contribution in [1.82, 2.24) is 9.88 Å². The second kappa shape index (κ2) is 9.04. The van der Waals surface area contributed by atoms with Crippen molar-refractivity contribution in [1.29, 1.82) is 0 Å². The fourth-order valence-electron chi connectivity index (χ4n) is 3.98. The van der Waals surface area contributed by atoms with E-state index < -0.39 is 17.9 Å². The molecular weight excluding hydrogens is 422 g/mol. The molecule has 4 rings (SSSR count). The van der Waals surface area contributed by atoms with Gasteiger partial charge in [-0.2, -0.15) is 0 Å². The first kappa shape index (κ1) is 21.9. The summed E-state index contributed by atoms with van der Waals surface area (Å²) in [5.74, 6) is -1.60. The minimum absolute atomic E-state index is 0.115. The number of hydrogen-bond acceptors (Lipinski definition) is 4. The van der Waals surface area contributed by atoms with Crippen molar-refractivity contribution in [2.45, 2.75) is 25.9 Å². The third kappa shape index (κ3) is 4.79. The largest absolute Gasteiger partial charge is 0.508 e. The molecule has 1 atom stereocenters. The second-order valence-corrected chi connectivity index (χ2v) is 7.84. The van der Waals surface area contributed by atoms with Crippen LogP contribution in [0.1, 0.15) is 12.5 Å². The average Bonchev–Trinajstić information content (AvgIpc) is 3.07. The number of rotatable bonds is 7. The molecular formula is C25H23N3O5. The monoisotopic (exact) mass is 445 g/mol. The molecule has 0 aliphatic rings. The molecule has 1 aromatic heterocycles. The van der Waals surface area contributed by atoms with Crippen molar-refractivity contribution in [3.05, 3.63) is 72.3 Å². The van der Waals surface area contributed by atoms with E-state index in [0.717, 1.165) is 21.9 Å². The Labute approximate surface area is 189 Å². The Morgan fingerprint density at radius 3 is 2.33 bits per heavy atom. The van der Waals surface area contributed by atoms with Crippen LogP contribution in [0.5, 0.6) is 5.75 Å². The molecule has 2 amide bonds. The van der Waals surface area contributed by atoms with E-state index in [0.29, 0.717) is 11.2 Å². The summed E-state index contributed by atoms with van der Waals surface area (Å²) < 4.78 is 1.70. The Bertz CT molecular complexity index is 1360. The van der Waals surface area contributed by atoms with Gasteiger partial charge in [-0.3, -0.25) is 14.4 Å². The van der Waals surface area contributed by atoms with Crippen molar-refractivity contribution in [3.63, 3.8) is 0 Å². The normalized spacial score (nSPS) is 11.9.